The molecule has 0 heterocycles. The lowest BCUT2D eigenvalue weighted by Crippen LogP contribution is -1.73. The van der Waals surface area contributed by atoms with Crippen molar-refractivity contribution < 1.29 is 9.53 Å². The van der Waals surface area contributed by atoms with Gasteiger partial charge in [0.05, 0.1) is 0 Å². The summed E-state index contributed by atoms with van der Waals surface area (Å²) in [7, 11) is 1.68. The minimum absolute atomic E-state index is 0.625. The molecule has 0 aliphatic carbocycles. The zero-order chi connectivity index (χ0) is 7.54. The highest BCUT2D eigenvalue weighted by Crippen LogP contribution is 1.79. The van der Waals surface area contributed by atoms with E-state index in [4.69, 9.17) is 0 Å². The van der Waals surface area contributed by atoms with E-state index in [1.165, 1.54) is 0 Å². The van der Waals surface area contributed by atoms with Gasteiger partial charge in [0.25, 0.3) is 0 Å². The van der Waals surface area contributed by atoms with Crippen LogP contribution in [0.2, 0.25) is 0 Å². The molecule has 0 unspecified atom stereocenters. The fourth-order valence-corrected chi connectivity index (χ4v) is 0.231. The van der Waals surface area contributed by atoms with Crippen molar-refractivity contribution in [3.05, 3.63) is 0 Å². The predicted molar refractivity (Wildman–Crippen MR) is 42.0 cm³/mol. The molecule has 0 spiro atoms. The van der Waals surface area contributed by atoms with Crippen LogP contribution in [-0.4, -0.2) is 25.3 Å². The van der Waals surface area contributed by atoms with E-state index in [9.17, 15) is 4.79 Å². The fourth-order valence-electron chi connectivity index (χ4n) is 0.0445. The number of hydrogen-bond acceptors (Lipinski definition) is 2. The number of ether oxygens (including phenoxy) is 1. The monoisotopic (exact) mass is 196 g/mol. The van der Waals surface area contributed by atoms with Gasteiger partial charge in [0.15, 0.2) is 0 Å². The summed E-state index contributed by atoms with van der Waals surface area (Å²) < 4.78 is 4.54. The van der Waals surface area contributed by atoms with Crippen LogP contribution in [0, 0.1) is 0 Å². The average Bonchev–Trinajstić information content (AvgIpc) is 1.91. The molecule has 0 aliphatic heterocycles. The van der Waals surface area contributed by atoms with Gasteiger partial charge in [-0.2, -0.15) is 0 Å². The van der Waals surface area contributed by atoms with Gasteiger partial charge in [0, 0.05) is 25.5 Å². The second-order valence-corrected chi connectivity index (χ2v) is 2.01. The highest BCUT2D eigenvalue weighted by Gasteiger charge is 1.68. The van der Waals surface area contributed by atoms with E-state index in [1.807, 2.05) is 6.92 Å². The molecule has 0 aliphatic rings. The highest BCUT2D eigenvalue weighted by molar-refractivity contribution is 9.09. The molecule has 0 bridgehead atoms. The topological polar surface area (TPSA) is 26.3 Å². The standard InChI is InChI=1S/C3H5BrO.C3H8O/c4-2-1-3-5;1-3-4-2/h3H,1-2H2;3H2,1-2H3. The summed E-state index contributed by atoms with van der Waals surface area (Å²) in [6, 6.07) is 0. The highest BCUT2D eigenvalue weighted by atomic mass is 79.9. The molecule has 0 rings (SSSR count). The Balaban J connectivity index is 0. The van der Waals surface area contributed by atoms with E-state index in [-0.39, 0.29) is 0 Å². The Kier molecular flexibility index (Phi) is 20.7. The van der Waals surface area contributed by atoms with Gasteiger partial charge in [-0.3, -0.25) is 0 Å². The molecule has 0 amide bonds. The van der Waals surface area contributed by atoms with E-state index >= 15 is 0 Å². The van der Waals surface area contributed by atoms with E-state index in [0.29, 0.717) is 6.42 Å². The minimum Gasteiger partial charge on any atom is -0.385 e. The molecule has 0 aromatic heterocycles. The van der Waals surface area contributed by atoms with Crippen molar-refractivity contribution in [3.63, 3.8) is 0 Å². The van der Waals surface area contributed by atoms with E-state index in [0.717, 1.165) is 18.2 Å². The van der Waals surface area contributed by atoms with E-state index in [2.05, 4.69) is 20.7 Å². The number of hydrogen-bond donors (Lipinski definition) is 0. The molecule has 56 valence electrons. The Morgan fingerprint density at radius 2 is 2.11 bits per heavy atom. The SMILES string of the molecule is CCOC.O=CCCBr. The molecule has 2 nitrogen and oxygen atoms in total. The summed E-state index contributed by atoms with van der Waals surface area (Å²) in [5, 5.41) is 0.788. The molecule has 0 fully saturated rings. The van der Waals surface area contributed by atoms with Gasteiger partial charge < -0.3 is 9.53 Å². The van der Waals surface area contributed by atoms with Crippen molar-refractivity contribution in [2.45, 2.75) is 13.3 Å². The third-order valence-electron chi connectivity index (χ3n) is 0.516. The Hall–Kier alpha value is 0.110. The number of methoxy groups -OCH3 is 1. The fraction of sp³-hybridized carbons (Fsp3) is 0.833. The number of carbonyl (C=O) groups is 1. The normalized spacial score (nSPS) is 7.44. The van der Waals surface area contributed by atoms with Crippen molar-refractivity contribution in [2.75, 3.05) is 19.0 Å². The lowest BCUT2D eigenvalue weighted by molar-refractivity contribution is -0.107. The zero-order valence-corrected chi connectivity index (χ0v) is 7.48. The Bertz CT molecular complexity index is 46.3. The zero-order valence-electron chi connectivity index (χ0n) is 5.89. The minimum atomic E-state index is 0.625. The molecule has 3 heteroatoms. The Morgan fingerprint density at radius 1 is 1.67 bits per heavy atom. The molecule has 0 aromatic rings. The largest absolute Gasteiger partial charge is 0.385 e. The summed E-state index contributed by atoms with van der Waals surface area (Å²) in [6.07, 6.45) is 1.51. The predicted octanol–water partition coefficient (Wildman–Crippen LogP) is 1.62. The smallest absolute Gasteiger partial charge is 0.120 e. The number of rotatable bonds is 3. The van der Waals surface area contributed by atoms with Crippen molar-refractivity contribution in [1.29, 1.82) is 0 Å². The molecule has 0 saturated carbocycles. The lowest BCUT2D eigenvalue weighted by Gasteiger charge is -1.76. The third kappa shape index (κ3) is 31.3. The summed E-state index contributed by atoms with van der Waals surface area (Å²) in [6.45, 7) is 2.78. The Morgan fingerprint density at radius 3 is 2.11 bits per heavy atom. The van der Waals surface area contributed by atoms with Crippen LogP contribution >= 0.6 is 15.9 Å². The molecule has 9 heavy (non-hydrogen) atoms. The maximum atomic E-state index is 9.37. The van der Waals surface area contributed by atoms with E-state index < -0.39 is 0 Å². The number of alkyl halides is 1. The second-order valence-electron chi connectivity index (χ2n) is 1.22. The first-order valence-electron chi connectivity index (χ1n) is 2.82. The van der Waals surface area contributed by atoms with Gasteiger partial charge in [-0.25, -0.2) is 0 Å². The van der Waals surface area contributed by atoms with Crippen LogP contribution in [0.1, 0.15) is 13.3 Å². The summed E-state index contributed by atoms with van der Waals surface area (Å²) >= 11 is 3.08. The molecule has 0 saturated heterocycles. The first-order chi connectivity index (χ1) is 4.33. The van der Waals surface area contributed by atoms with Crippen LogP contribution in [0.15, 0.2) is 0 Å². The Labute approximate surface area is 64.7 Å². The molecule has 0 aromatic carbocycles. The van der Waals surface area contributed by atoms with Gasteiger partial charge in [-0.05, 0) is 6.92 Å². The first kappa shape index (κ1) is 11.9. The van der Waals surface area contributed by atoms with Gasteiger partial charge >= 0.3 is 0 Å². The summed E-state index contributed by atoms with van der Waals surface area (Å²) in [5.74, 6) is 0. The summed E-state index contributed by atoms with van der Waals surface area (Å²) in [5.41, 5.74) is 0. The van der Waals surface area contributed by atoms with Crippen LogP contribution in [0.5, 0.6) is 0 Å². The van der Waals surface area contributed by atoms with Gasteiger partial charge in [-0.1, -0.05) is 15.9 Å². The number of aldehydes is 1. The van der Waals surface area contributed by atoms with Crippen LogP contribution in [-0.2, 0) is 9.53 Å². The number of carbonyl (C=O) groups excluding carboxylic acids is 1. The van der Waals surface area contributed by atoms with Crippen molar-refractivity contribution in [1.82, 2.24) is 0 Å². The molecular formula is C6H13BrO2. The van der Waals surface area contributed by atoms with Crippen molar-refractivity contribution in [3.8, 4) is 0 Å². The molecule has 0 N–H and O–H groups in total. The lowest BCUT2D eigenvalue weighted by atomic mass is 10.6. The van der Waals surface area contributed by atoms with Crippen LogP contribution in [0.4, 0.5) is 0 Å². The molecule has 0 radical (unpaired) electrons. The average molecular weight is 197 g/mol. The molecule has 0 atom stereocenters. The van der Waals surface area contributed by atoms with Crippen LogP contribution in [0.25, 0.3) is 0 Å². The quantitative estimate of drug-likeness (QED) is 0.507. The number of halogens is 1. The summed E-state index contributed by atoms with van der Waals surface area (Å²) in [4.78, 5) is 9.37. The third-order valence-corrected chi connectivity index (χ3v) is 0.973. The maximum Gasteiger partial charge on any atom is 0.120 e. The van der Waals surface area contributed by atoms with Crippen LogP contribution < -0.4 is 0 Å². The van der Waals surface area contributed by atoms with Crippen LogP contribution in [0.3, 0.4) is 0 Å². The van der Waals surface area contributed by atoms with Gasteiger partial charge in [0.2, 0.25) is 0 Å². The molecular weight excluding hydrogens is 184 g/mol. The maximum absolute atomic E-state index is 9.37. The van der Waals surface area contributed by atoms with Gasteiger partial charge in [0.1, 0.15) is 6.29 Å². The van der Waals surface area contributed by atoms with Crippen molar-refractivity contribution in [2.24, 2.45) is 0 Å². The van der Waals surface area contributed by atoms with Crippen molar-refractivity contribution >= 4 is 22.2 Å². The first-order valence-corrected chi connectivity index (χ1v) is 3.94. The second kappa shape index (κ2) is 15.7. The van der Waals surface area contributed by atoms with Gasteiger partial charge in [-0.15, -0.1) is 0 Å². The van der Waals surface area contributed by atoms with E-state index in [1.54, 1.807) is 7.11 Å².